The molecule has 0 aliphatic rings. The van der Waals surface area contributed by atoms with E-state index >= 15 is 0 Å². The number of benzene rings is 3. The average Bonchev–Trinajstić information content (AvgIpc) is 2.60. The summed E-state index contributed by atoms with van der Waals surface area (Å²) in [6, 6.07) is 18.4. The van der Waals surface area contributed by atoms with Crippen molar-refractivity contribution in [1.29, 1.82) is 0 Å². The lowest BCUT2D eigenvalue weighted by atomic mass is 10.0. The van der Waals surface area contributed by atoms with Crippen LogP contribution in [0, 0.1) is 0 Å². The number of hydrazone groups is 1. The highest BCUT2D eigenvalue weighted by molar-refractivity contribution is 6.33. The quantitative estimate of drug-likeness (QED) is 0.583. The summed E-state index contributed by atoms with van der Waals surface area (Å²) in [6.07, 6.45) is 0. The van der Waals surface area contributed by atoms with Gasteiger partial charge in [0.15, 0.2) is 0 Å². The van der Waals surface area contributed by atoms with E-state index in [4.69, 9.17) is 11.6 Å². The molecule has 0 fully saturated rings. The van der Waals surface area contributed by atoms with Crippen LogP contribution in [0.4, 0.5) is 5.69 Å². The fourth-order valence-electron chi connectivity index (χ4n) is 2.36. The highest BCUT2D eigenvalue weighted by Gasteiger charge is 2.04. The minimum Gasteiger partial charge on any atom is -0.545 e. The molecule has 0 saturated heterocycles. The monoisotopic (exact) mass is 337 g/mol. The third-order valence-electron chi connectivity index (χ3n) is 3.71. The number of fused-ring (bicyclic) bond motifs is 1. The van der Waals surface area contributed by atoms with Crippen LogP contribution in [-0.2, 0) is 0 Å². The average molecular weight is 338 g/mol. The maximum Gasteiger partial charge on any atom is 0.0754 e. The van der Waals surface area contributed by atoms with Gasteiger partial charge in [-0.2, -0.15) is 5.10 Å². The van der Waals surface area contributed by atoms with E-state index in [1.54, 1.807) is 0 Å². The van der Waals surface area contributed by atoms with Crippen LogP contribution in [0.15, 0.2) is 65.8 Å². The molecule has 3 rings (SSSR count). The molecule has 0 aromatic heterocycles. The molecule has 0 amide bonds. The molecular formula is C19H14ClN2O2-. The number of carbonyl (C=O) groups is 1. The SMILES string of the molecule is C/C(=N/Nc1cc(C(=O)[O-])ccc1Cl)c1ccc2ccccc2c1. The predicted molar refractivity (Wildman–Crippen MR) is 95.6 cm³/mol. The first-order valence-electron chi connectivity index (χ1n) is 7.35. The Kier molecular flexibility index (Phi) is 4.49. The third-order valence-corrected chi connectivity index (χ3v) is 4.04. The van der Waals surface area contributed by atoms with Crippen LogP contribution >= 0.6 is 11.6 Å². The molecular weight excluding hydrogens is 324 g/mol. The number of carboxylic acids is 1. The first-order chi connectivity index (χ1) is 11.5. The van der Waals surface area contributed by atoms with Gasteiger partial charge in [-0.05, 0) is 47.0 Å². The zero-order valence-corrected chi connectivity index (χ0v) is 13.7. The zero-order valence-electron chi connectivity index (χ0n) is 12.9. The Labute approximate surface area is 144 Å². The topological polar surface area (TPSA) is 64.5 Å². The van der Waals surface area contributed by atoms with Crippen molar-refractivity contribution >= 4 is 39.7 Å². The Balaban J connectivity index is 1.88. The van der Waals surface area contributed by atoms with Gasteiger partial charge >= 0.3 is 0 Å². The summed E-state index contributed by atoms with van der Waals surface area (Å²) in [5, 5.41) is 17.9. The second-order valence-corrected chi connectivity index (χ2v) is 5.76. The molecule has 3 aromatic carbocycles. The molecule has 5 heteroatoms. The Morgan fingerprint density at radius 2 is 1.71 bits per heavy atom. The Bertz CT molecular complexity index is 951. The van der Waals surface area contributed by atoms with Gasteiger partial charge in [-0.25, -0.2) is 0 Å². The molecule has 1 N–H and O–H groups in total. The number of carboxylic acid groups (broad SMARTS) is 1. The van der Waals surface area contributed by atoms with Gasteiger partial charge in [-0.1, -0.05) is 54.1 Å². The van der Waals surface area contributed by atoms with E-state index < -0.39 is 5.97 Å². The number of nitrogens with one attached hydrogen (secondary N) is 1. The van der Waals surface area contributed by atoms with E-state index in [-0.39, 0.29) is 5.56 Å². The molecule has 3 aromatic rings. The van der Waals surface area contributed by atoms with Crippen molar-refractivity contribution in [2.24, 2.45) is 5.10 Å². The highest BCUT2D eigenvalue weighted by Crippen LogP contribution is 2.23. The second kappa shape index (κ2) is 6.72. The number of rotatable bonds is 4. The zero-order chi connectivity index (χ0) is 17.1. The number of carbonyl (C=O) groups excluding carboxylic acids is 1. The van der Waals surface area contributed by atoms with E-state index in [1.165, 1.54) is 18.2 Å². The van der Waals surface area contributed by atoms with Crippen LogP contribution in [0.5, 0.6) is 0 Å². The summed E-state index contributed by atoms with van der Waals surface area (Å²) >= 11 is 6.06. The number of anilines is 1. The normalized spacial score (nSPS) is 11.5. The van der Waals surface area contributed by atoms with Crippen molar-refractivity contribution in [3.63, 3.8) is 0 Å². The minimum atomic E-state index is -1.26. The summed E-state index contributed by atoms with van der Waals surface area (Å²) in [4.78, 5) is 10.9. The summed E-state index contributed by atoms with van der Waals surface area (Å²) in [7, 11) is 0. The third kappa shape index (κ3) is 3.39. The van der Waals surface area contributed by atoms with Crippen molar-refractivity contribution in [2.45, 2.75) is 6.92 Å². The van der Waals surface area contributed by atoms with Crippen LogP contribution in [0.3, 0.4) is 0 Å². The number of nitrogens with zero attached hydrogens (tertiary/aromatic N) is 1. The van der Waals surface area contributed by atoms with Crippen molar-refractivity contribution in [3.8, 4) is 0 Å². The van der Waals surface area contributed by atoms with E-state index in [2.05, 4.69) is 22.7 Å². The maximum absolute atomic E-state index is 10.9. The molecule has 4 nitrogen and oxygen atoms in total. The molecule has 24 heavy (non-hydrogen) atoms. The number of hydrogen-bond donors (Lipinski definition) is 1. The van der Waals surface area contributed by atoms with Gasteiger partial charge in [0.05, 0.1) is 22.4 Å². The Morgan fingerprint density at radius 3 is 2.46 bits per heavy atom. The summed E-state index contributed by atoms with van der Waals surface area (Å²) in [5.74, 6) is -1.26. The van der Waals surface area contributed by atoms with Gasteiger partial charge in [0.1, 0.15) is 0 Å². The number of halogens is 1. The highest BCUT2D eigenvalue weighted by atomic mass is 35.5. The van der Waals surface area contributed by atoms with Crippen LogP contribution in [-0.4, -0.2) is 11.7 Å². The van der Waals surface area contributed by atoms with Crippen LogP contribution < -0.4 is 10.5 Å². The van der Waals surface area contributed by atoms with E-state index in [1.807, 2.05) is 37.3 Å². The first kappa shape index (κ1) is 16.0. The molecule has 0 saturated carbocycles. The van der Waals surface area contributed by atoms with Crippen LogP contribution in [0.25, 0.3) is 10.8 Å². The summed E-state index contributed by atoms with van der Waals surface area (Å²) in [6.45, 7) is 1.87. The largest absolute Gasteiger partial charge is 0.545 e. The predicted octanol–water partition coefficient (Wildman–Crippen LogP) is 3.69. The number of hydrogen-bond acceptors (Lipinski definition) is 4. The van der Waals surface area contributed by atoms with Crippen molar-refractivity contribution < 1.29 is 9.90 Å². The molecule has 0 spiro atoms. The van der Waals surface area contributed by atoms with Gasteiger partial charge in [0.2, 0.25) is 0 Å². The summed E-state index contributed by atoms with van der Waals surface area (Å²) in [5.41, 5.74) is 5.00. The van der Waals surface area contributed by atoms with Gasteiger partial charge in [0, 0.05) is 0 Å². The standard InChI is InChI=1S/C19H15ClN2O2/c1-12(14-7-6-13-4-2-3-5-15(13)10-14)21-22-18-11-16(19(23)24)8-9-17(18)20/h2-11,22H,1H3,(H,23,24)/p-1/b21-12-. The molecule has 0 atom stereocenters. The fourth-order valence-corrected chi connectivity index (χ4v) is 2.52. The van der Waals surface area contributed by atoms with Crippen molar-refractivity contribution in [2.75, 3.05) is 5.43 Å². The molecule has 0 aliphatic heterocycles. The second-order valence-electron chi connectivity index (χ2n) is 5.35. The Hall–Kier alpha value is -2.85. The first-order valence-corrected chi connectivity index (χ1v) is 7.73. The molecule has 0 aliphatic carbocycles. The van der Waals surface area contributed by atoms with Crippen molar-refractivity contribution in [3.05, 3.63) is 76.8 Å². The molecule has 0 heterocycles. The van der Waals surface area contributed by atoms with Gasteiger partial charge in [-0.15, -0.1) is 0 Å². The molecule has 0 radical (unpaired) electrons. The van der Waals surface area contributed by atoms with Gasteiger partial charge in [-0.3, -0.25) is 5.43 Å². The lowest BCUT2D eigenvalue weighted by molar-refractivity contribution is -0.255. The molecule has 120 valence electrons. The van der Waals surface area contributed by atoms with Gasteiger partial charge < -0.3 is 9.90 Å². The van der Waals surface area contributed by atoms with Crippen LogP contribution in [0.1, 0.15) is 22.8 Å². The van der Waals surface area contributed by atoms with E-state index in [9.17, 15) is 9.90 Å². The molecule has 0 bridgehead atoms. The minimum absolute atomic E-state index is 0.0421. The van der Waals surface area contributed by atoms with Crippen molar-refractivity contribution in [1.82, 2.24) is 0 Å². The number of aromatic carboxylic acids is 1. The maximum atomic E-state index is 10.9. The van der Waals surface area contributed by atoms with E-state index in [0.717, 1.165) is 22.0 Å². The van der Waals surface area contributed by atoms with Gasteiger partial charge in [0.25, 0.3) is 0 Å². The summed E-state index contributed by atoms with van der Waals surface area (Å²) < 4.78 is 0. The lowest BCUT2D eigenvalue weighted by Crippen LogP contribution is -2.22. The lowest BCUT2D eigenvalue weighted by Gasteiger charge is -2.09. The van der Waals surface area contributed by atoms with E-state index in [0.29, 0.717) is 10.7 Å². The fraction of sp³-hybridized carbons (Fsp3) is 0.0526. The smallest absolute Gasteiger partial charge is 0.0754 e. The van der Waals surface area contributed by atoms with Crippen LogP contribution in [0.2, 0.25) is 5.02 Å². The molecule has 0 unspecified atom stereocenters. The Morgan fingerprint density at radius 1 is 1.00 bits per heavy atom.